The van der Waals surface area contributed by atoms with Gasteiger partial charge in [-0.1, -0.05) is 331 Å². The van der Waals surface area contributed by atoms with Gasteiger partial charge in [0.15, 0.2) is 24.4 Å². The van der Waals surface area contributed by atoms with Crippen molar-refractivity contribution >= 4 is 98.5 Å². The number of carbonyl (C=O) groups excluding carboxylic acids is 4. The van der Waals surface area contributed by atoms with Crippen LogP contribution in [0.25, 0.3) is 10.4 Å². The second-order valence-corrected chi connectivity index (χ2v) is 50.6. The summed E-state index contributed by atoms with van der Waals surface area (Å²) in [6.07, 6.45) is -10.5. The number of ether oxygens (including phenoxy) is 5. The molecule has 4 aliphatic rings. The third-order valence-electron chi connectivity index (χ3n) is 22.0. The highest BCUT2D eigenvalue weighted by molar-refractivity contribution is 7.01. The van der Waals surface area contributed by atoms with Gasteiger partial charge < -0.3 is 57.3 Å². The van der Waals surface area contributed by atoms with Gasteiger partial charge >= 0.3 is 5.97 Å². The number of hydrogen-bond acceptors (Lipinski definition) is 14. The molecule has 0 radical (unpaired) electrons. The van der Waals surface area contributed by atoms with Crippen molar-refractivity contribution in [1.82, 2.24) is 16.0 Å². The minimum absolute atomic E-state index is 0.114. The molecule has 0 unspecified atom stereocenters. The van der Waals surface area contributed by atoms with Crippen molar-refractivity contribution in [3.63, 3.8) is 0 Å². The lowest BCUT2D eigenvalue weighted by molar-refractivity contribution is -0.161. The normalized spacial score (nSPS) is 23.4. The largest absolute Gasteiger partial charge is 0.461 e. The van der Waals surface area contributed by atoms with Crippen LogP contribution in [0, 0.1) is 0 Å². The fourth-order valence-corrected chi connectivity index (χ4v) is 35.9. The zero-order valence-corrected chi connectivity index (χ0v) is 69.6. The molecule has 0 aromatic heterocycles. The average Bonchev–Trinajstić information content (AvgIpc) is 1.24. The van der Waals surface area contributed by atoms with E-state index in [1.807, 2.05) is 146 Å². The zero-order valence-electron chi connectivity index (χ0n) is 65.6. The van der Waals surface area contributed by atoms with Gasteiger partial charge in [-0.05, 0) is 81.0 Å². The molecule has 4 fully saturated rings. The van der Waals surface area contributed by atoms with Gasteiger partial charge in [-0.25, -0.2) is 4.79 Å². The fraction of sp³-hybridized carbons (Fsp3) is 0.402. The maximum atomic E-state index is 16.5. The molecular weight excluding hydrogens is 1450 g/mol. The molecule has 4 saturated heterocycles. The minimum atomic E-state index is -3.68. The summed E-state index contributed by atoms with van der Waals surface area (Å²) in [7, 11) is -14.3. The van der Waals surface area contributed by atoms with Crippen molar-refractivity contribution in [2.75, 3.05) is 26.4 Å². The highest BCUT2D eigenvalue weighted by atomic mass is 28.4. The van der Waals surface area contributed by atoms with Crippen LogP contribution in [0.1, 0.15) is 96.9 Å². The van der Waals surface area contributed by atoms with E-state index in [9.17, 15) is 10.3 Å². The average molecular weight is 1560 g/mol. The monoisotopic (exact) mass is 1550 g/mol. The van der Waals surface area contributed by atoms with Crippen LogP contribution in [0.15, 0.2) is 248 Å². The van der Waals surface area contributed by atoms with Gasteiger partial charge in [0.2, 0.25) is 0 Å². The molecule has 19 nitrogen and oxygen atoms in total. The van der Waals surface area contributed by atoms with Gasteiger partial charge in [0.1, 0.15) is 18.3 Å². The van der Waals surface area contributed by atoms with Gasteiger partial charge in [0.05, 0.1) is 62.8 Å². The van der Waals surface area contributed by atoms with Crippen LogP contribution in [0.4, 0.5) is 0 Å². The Labute approximate surface area is 652 Å². The maximum Gasteiger partial charge on any atom is 0.338 e. The van der Waals surface area contributed by atoms with Gasteiger partial charge in [0.25, 0.3) is 51.0 Å². The molecule has 0 spiro atoms. The summed E-state index contributed by atoms with van der Waals surface area (Å²) in [4.78, 5) is 66.5. The third-order valence-corrected chi connectivity index (χ3v) is 42.2. The van der Waals surface area contributed by atoms with E-state index in [1.165, 1.54) is 0 Å². The Hall–Kier alpha value is -8.50. The Bertz CT molecular complexity index is 4300. The molecule has 4 heterocycles. The Morgan fingerprint density at radius 3 is 0.791 bits per heavy atom. The summed E-state index contributed by atoms with van der Waals surface area (Å²) >= 11 is 0. The summed E-state index contributed by atoms with van der Waals surface area (Å²) < 4.78 is 64.3. The standard InChI is InChI=1S/C87H106N6O13Si4/c1-59(2)102-83(97)79-74(105-109(86(9,10)11,64-47-31-19-32-48-64)65-49-33-20-34-50-65)70(57-101-79)91-81(95)77-72(103-107(84(3,4)5,60-39-23-15-24-40-60)61-41-25-16-26-42-61)68(55-99-77)89-80(94)76-73(104-108(85(6,7)8,62-43-27-17-28-44-62)63-45-29-18-30-46-63)69(56-98-76)90-82(96)78-75(71(58-100-78)92-93-88)106-110(87(12,13)14,66-51-35-21-36-52-66)67-53-37-22-38-54-67/h15-54,59,68-79H,55-58H2,1-14H3,(H,89,94)(H,90,96)(H,91,95)/t68-,69-,70-,71-,72+,73+,74+,75+,76-,77-,78-,79-/m0/s1. The lowest BCUT2D eigenvalue weighted by atomic mass is 10.0. The molecule has 3 N–H and O–H groups in total. The molecule has 578 valence electrons. The minimum Gasteiger partial charge on any atom is -0.461 e. The third kappa shape index (κ3) is 15.9. The van der Waals surface area contributed by atoms with Crippen LogP contribution < -0.4 is 57.4 Å². The Kier molecular flexibility index (Phi) is 24.6. The Balaban J connectivity index is 0.947. The van der Waals surface area contributed by atoms with Gasteiger partial charge in [-0.15, -0.1) is 0 Å². The van der Waals surface area contributed by atoms with E-state index in [0.717, 1.165) is 41.5 Å². The predicted molar refractivity (Wildman–Crippen MR) is 439 cm³/mol. The number of esters is 1. The van der Waals surface area contributed by atoms with E-state index < -0.39 is 156 Å². The van der Waals surface area contributed by atoms with E-state index in [0.29, 0.717) is 0 Å². The predicted octanol–water partition coefficient (Wildman–Crippen LogP) is 9.45. The van der Waals surface area contributed by atoms with Gasteiger partial charge in [-0.2, -0.15) is 0 Å². The lowest BCUT2D eigenvalue weighted by Crippen LogP contribution is -2.71. The summed E-state index contributed by atoms with van der Waals surface area (Å²) in [5, 5.41) is 19.4. The lowest BCUT2D eigenvalue weighted by Gasteiger charge is -2.46. The molecule has 12 rings (SSSR count). The molecule has 12 atom stereocenters. The van der Waals surface area contributed by atoms with E-state index in [-0.39, 0.29) is 26.4 Å². The molecule has 23 heteroatoms. The number of benzene rings is 8. The molecule has 0 bridgehead atoms. The van der Waals surface area contributed by atoms with Gasteiger partial charge in [0, 0.05) is 4.91 Å². The van der Waals surface area contributed by atoms with E-state index in [4.69, 9.17) is 41.4 Å². The van der Waals surface area contributed by atoms with E-state index >= 15 is 14.4 Å². The molecular formula is C87H106N6O13Si4. The first kappa shape index (κ1) is 81.0. The highest BCUT2D eigenvalue weighted by Crippen LogP contribution is 2.45. The number of amides is 3. The van der Waals surface area contributed by atoms with Crippen LogP contribution in [-0.2, 0) is 60.6 Å². The summed E-state index contributed by atoms with van der Waals surface area (Å²) in [5.41, 5.74) is 10.2. The molecule has 8 aromatic rings. The number of hydrogen-bond donors (Lipinski definition) is 3. The van der Waals surface area contributed by atoms with Crippen molar-refractivity contribution in [2.24, 2.45) is 5.11 Å². The summed E-state index contributed by atoms with van der Waals surface area (Å²) in [6.45, 7) is 28.6. The molecule has 110 heavy (non-hydrogen) atoms. The van der Waals surface area contributed by atoms with Crippen molar-refractivity contribution in [3.8, 4) is 0 Å². The number of rotatable bonds is 25. The number of nitrogens with zero attached hydrogens (tertiary/aromatic N) is 3. The number of carbonyl (C=O) groups is 4. The molecule has 0 aliphatic carbocycles. The topological polar surface area (TPSA) is 236 Å². The fourth-order valence-electron chi connectivity index (χ4n) is 17.1. The molecule has 0 saturated carbocycles. The summed E-state index contributed by atoms with van der Waals surface area (Å²) in [5.74, 6) is -2.41. The quantitative estimate of drug-likeness (QED) is 0.0159. The van der Waals surface area contributed by atoms with Crippen LogP contribution >= 0.6 is 0 Å². The number of nitrogens with one attached hydrogen (secondary N) is 3. The van der Waals surface area contributed by atoms with Crippen LogP contribution in [-0.4, -0.2) is 162 Å². The highest BCUT2D eigenvalue weighted by Gasteiger charge is 2.62. The first-order valence-corrected chi connectivity index (χ1v) is 45.9. The molecule has 3 amide bonds. The maximum absolute atomic E-state index is 16.5. The Morgan fingerprint density at radius 1 is 0.355 bits per heavy atom. The van der Waals surface area contributed by atoms with Crippen LogP contribution in [0.3, 0.4) is 0 Å². The second-order valence-electron chi connectivity index (χ2n) is 33.6. The second kappa shape index (κ2) is 33.4. The number of azide groups is 1. The molecule has 4 aliphatic heterocycles. The first-order valence-electron chi connectivity index (χ1n) is 38.3. The van der Waals surface area contributed by atoms with Crippen molar-refractivity contribution in [2.45, 2.75) is 196 Å². The smallest absolute Gasteiger partial charge is 0.338 e. The van der Waals surface area contributed by atoms with Crippen molar-refractivity contribution < 1.29 is 60.6 Å². The Morgan fingerprint density at radius 2 is 0.564 bits per heavy atom. The van der Waals surface area contributed by atoms with Gasteiger partial charge in [-0.3, -0.25) is 14.4 Å². The van der Waals surface area contributed by atoms with E-state index in [2.05, 4.69) is 206 Å². The van der Waals surface area contributed by atoms with E-state index in [1.54, 1.807) is 13.8 Å². The van der Waals surface area contributed by atoms with Crippen LogP contribution in [0.2, 0.25) is 20.2 Å². The van der Waals surface area contributed by atoms with Crippen molar-refractivity contribution in [3.05, 3.63) is 253 Å². The zero-order chi connectivity index (χ0) is 78.4. The molecule has 8 aromatic carbocycles. The SMILES string of the molecule is CC(C)OC(=O)[C@H]1OC[C@H](NC(=O)[C@H]2OC[C@H](NC(=O)[C@H]3OC[C@H](NC(=O)[C@H]4OC[C@H](N=[N+]=[N-])[C@H]4O[Si](c4ccccc4)(c4ccccc4)C(C)(C)C)[C@H]3O[Si](c3ccccc3)(c3ccccc3)C(C)(C)C)[C@H]2O[Si](c2ccccc2)(c2ccccc2)C(C)(C)C)[C@H]1O[Si](c1ccccc1)(c1ccccc1)C(C)(C)C. The first-order chi connectivity index (χ1) is 52.5. The van der Waals surface area contributed by atoms with Crippen LogP contribution in [0.5, 0.6) is 0 Å². The summed E-state index contributed by atoms with van der Waals surface area (Å²) in [6, 6.07) is 76.4. The van der Waals surface area contributed by atoms with Crippen molar-refractivity contribution in [1.29, 1.82) is 0 Å².